The molecule has 2 aliphatic heterocycles. The molecule has 0 amide bonds. The molecule has 0 aromatic heterocycles. The van der Waals surface area contributed by atoms with Crippen molar-refractivity contribution in [3.05, 3.63) is 23.5 Å². The van der Waals surface area contributed by atoms with Crippen LogP contribution in [-0.4, -0.2) is 41.1 Å². The molecule has 0 bridgehead atoms. The van der Waals surface area contributed by atoms with Gasteiger partial charge in [0.15, 0.2) is 6.29 Å². The maximum atomic E-state index is 10.1. The van der Waals surface area contributed by atoms with Crippen LogP contribution in [0, 0.1) is 11.8 Å². The minimum atomic E-state index is -1.07. The first kappa shape index (κ1) is 17.5. The van der Waals surface area contributed by atoms with E-state index < -0.39 is 24.8 Å². The lowest BCUT2D eigenvalue weighted by Crippen LogP contribution is -2.50. The monoisotopic (exact) mass is 312 g/mol. The molecule has 2 N–H and O–H groups in total. The molecule has 2 heterocycles. The molecule has 6 atom stereocenters. The first-order valence-electron chi connectivity index (χ1n) is 8.00. The number of allylic oxidation sites excluding steroid dienone is 2. The van der Waals surface area contributed by atoms with Gasteiger partial charge in [0.2, 0.25) is 6.29 Å². The number of aliphatic hydroxyl groups excluding tert-OH is 2. The molecule has 4 unspecified atom stereocenters. The van der Waals surface area contributed by atoms with Gasteiger partial charge in [-0.1, -0.05) is 19.9 Å². The average molecular weight is 312 g/mol. The van der Waals surface area contributed by atoms with Crippen molar-refractivity contribution >= 4 is 0 Å². The van der Waals surface area contributed by atoms with Gasteiger partial charge in [-0.05, 0) is 32.3 Å². The Morgan fingerprint density at radius 1 is 1.36 bits per heavy atom. The maximum Gasteiger partial charge on any atom is 0.224 e. The molecule has 126 valence electrons. The van der Waals surface area contributed by atoms with Crippen molar-refractivity contribution in [3.63, 3.8) is 0 Å². The second kappa shape index (κ2) is 7.13. The first-order valence-corrected chi connectivity index (χ1v) is 8.00. The molecule has 5 heteroatoms. The Balaban J connectivity index is 2.15. The summed E-state index contributed by atoms with van der Waals surface area (Å²) in [5, 5.41) is 20.0. The zero-order valence-corrected chi connectivity index (χ0v) is 14.0. The molecule has 0 radical (unpaired) electrons. The third-order valence-electron chi connectivity index (χ3n) is 4.37. The summed E-state index contributed by atoms with van der Waals surface area (Å²) in [5.41, 5.74) is 2.18. The van der Waals surface area contributed by atoms with Crippen LogP contribution in [-0.2, 0) is 14.2 Å². The summed E-state index contributed by atoms with van der Waals surface area (Å²) in [6, 6.07) is 0. The Morgan fingerprint density at radius 3 is 2.64 bits per heavy atom. The first-order chi connectivity index (χ1) is 10.3. The number of hydrogen-bond acceptors (Lipinski definition) is 5. The Labute approximate surface area is 132 Å². The van der Waals surface area contributed by atoms with E-state index in [0.717, 1.165) is 11.1 Å². The normalized spacial score (nSPS) is 41.5. The molecule has 1 fully saturated rings. The van der Waals surface area contributed by atoms with Crippen molar-refractivity contribution in [1.29, 1.82) is 0 Å². The van der Waals surface area contributed by atoms with Crippen LogP contribution < -0.4 is 0 Å². The minimum Gasteiger partial charge on any atom is -0.468 e. The summed E-state index contributed by atoms with van der Waals surface area (Å²) in [6.07, 6.45) is 0.553. The standard InChI is InChI=1S/C17H28O5/c1-6-12-14(9(2)3)10(4)8-20-16(12)22-17-15(19)13(18)7-11(5)21-17/h6,8-9,11,13-19H,7H2,1-5H3/b12-6+/t11?,13?,14?,15-,16?,17+/m1/s1. The van der Waals surface area contributed by atoms with Crippen LogP contribution >= 0.6 is 0 Å². The van der Waals surface area contributed by atoms with Gasteiger partial charge in [-0.2, -0.15) is 0 Å². The van der Waals surface area contributed by atoms with Crippen molar-refractivity contribution in [3.8, 4) is 0 Å². The van der Waals surface area contributed by atoms with E-state index in [1.807, 2.05) is 26.8 Å². The highest BCUT2D eigenvalue weighted by Gasteiger charge is 2.40. The fourth-order valence-electron chi connectivity index (χ4n) is 3.33. The van der Waals surface area contributed by atoms with E-state index in [1.165, 1.54) is 0 Å². The summed E-state index contributed by atoms with van der Waals surface area (Å²) in [4.78, 5) is 0. The third kappa shape index (κ3) is 3.54. The van der Waals surface area contributed by atoms with Gasteiger partial charge in [0, 0.05) is 17.9 Å². The van der Waals surface area contributed by atoms with E-state index in [1.54, 1.807) is 6.26 Å². The van der Waals surface area contributed by atoms with E-state index in [4.69, 9.17) is 14.2 Å². The molecule has 5 nitrogen and oxygen atoms in total. The van der Waals surface area contributed by atoms with Crippen LogP contribution in [0.15, 0.2) is 23.5 Å². The summed E-state index contributed by atoms with van der Waals surface area (Å²) in [5.74, 6) is 0.658. The van der Waals surface area contributed by atoms with Crippen molar-refractivity contribution < 1.29 is 24.4 Å². The lowest BCUT2D eigenvalue weighted by Gasteiger charge is -2.40. The van der Waals surface area contributed by atoms with Crippen molar-refractivity contribution in [2.24, 2.45) is 11.8 Å². The Hall–Kier alpha value is -0.880. The fourth-order valence-corrected chi connectivity index (χ4v) is 3.33. The Morgan fingerprint density at radius 2 is 2.05 bits per heavy atom. The fraction of sp³-hybridized carbons (Fsp3) is 0.765. The highest BCUT2D eigenvalue weighted by molar-refractivity contribution is 5.24. The van der Waals surface area contributed by atoms with Crippen LogP contribution in [0.5, 0.6) is 0 Å². The van der Waals surface area contributed by atoms with E-state index >= 15 is 0 Å². The summed E-state index contributed by atoms with van der Waals surface area (Å²) < 4.78 is 17.1. The van der Waals surface area contributed by atoms with E-state index in [2.05, 4.69) is 13.8 Å². The van der Waals surface area contributed by atoms with Crippen LogP contribution in [0.1, 0.15) is 41.0 Å². The van der Waals surface area contributed by atoms with Crippen molar-refractivity contribution in [1.82, 2.24) is 0 Å². The molecule has 0 spiro atoms. The molecular formula is C17H28O5. The quantitative estimate of drug-likeness (QED) is 0.783. The molecule has 1 saturated heterocycles. The third-order valence-corrected chi connectivity index (χ3v) is 4.37. The lowest BCUT2D eigenvalue weighted by atomic mass is 9.81. The smallest absolute Gasteiger partial charge is 0.224 e. The Bertz CT molecular complexity index is 442. The highest BCUT2D eigenvalue weighted by atomic mass is 16.8. The predicted octanol–water partition coefficient (Wildman–Crippen LogP) is 2.34. The van der Waals surface area contributed by atoms with Crippen LogP contribution in [0.2, 0.25) is 0 Å². The van der Waals surface area contributed by atoms with Crippen LogP contribution in [0.25, 0.3) is 0 Å². The zero-order valence-electron chi connectivity index (χ0n) is 14.0. The molecule has 0 saturated carbocycles. The molecule has 0 aromatic carbocycles. The number of ether oxygens (including phenoxy) is 3. The van der Waals surface area contributed by atoms with Gasteiger partial charge in [-0.25, -0.2) is 0 Å². The number of hydrogen-bond donors (Lipinski definition) is 2. The van der Waals surface area contributed by atoms with Crippen molar-refractivity contribution in [2.75, 3.05) is 0 Å². The van der Waals surface area contributed by atoms with Crippen molar-refractivity contribution in [2.45, 2.75) is 71.9 Å². The summed E-state index contributed by atoms with van der Waals surface area (Å²) in [6.45, 7) is 10.2. The number of aliphatic hydroxyl groups is 2. The number of rotatable bonds is 3. The second-order valence-electron chi connectivity index (χ2n) is 6.59. The average Bonchev–Trinajstić information content (AvgIpc) is 2.45. The van der Waals surface area contributed by atoms with Gasteiger partial charge in [0.1, 0.15) is 6.10 Å². The SMILES string of the molecule is C/C=C1/C(O[C@@H]2OC(C)CC(O)[C@H]2O)OC=C(C)C1C(C)C. The summed E-state index contributed by atoms with van der Waals surface area (Å²) >= 11 is 0. The molecular weight excluding hydrogens is 284 g/mol. The van der Waals surface area contributed by atoms with E-state index in [9.17, 15) is 10.2 Å². The maximum absolute atomic E-state index is 10.1. The Kier molecular flexibility index (Phi) is 5.66. The highest BCUT2D eigenvalue weighted by Crippen LogP contribution is 2.37. The van der Waals surface area contributed by atoms with Crippen LogP contribution in [0.4, 0.5) is 0 Å². The van der Waals surface area contributed by atoms with Gasteiger partial charge in [0.05, 0.1) is 18.5 Å². The van der Waals surface area contributed by atoms with E-state index in [0.29, 0.717) is 12.3 Å². The van der Waals surface area contributed by atoms with Gasteiger partial charge in [0.25, 0.3) is 0 Å². The lowest BCUT2D eigenvalue weighted by molar-refractivity contribution is -0.300. The molecule has 0 aliphatic carbocycles. The topological polar surface area (TPSA) is 68.2 Å². The van der Waals surface area contributed by atoms with Gasteiger partial charge >= 0.3 is 0 Å². The predicted molar refractivity (Wildman–Crippen MR) is 82.8 cm³/mol. The minimum absolute atomic E-state index is 0.167. The molecule has 2 aliphatic rings. The second-order valence-corrected chi connectivity index (χ2v) is 6.59. The molecule has 22 heavy (non-hydrogen) atoms. The van der Waals surface area contributed by atoms with Gasteiger partial charge in [-0.15, -0.1) is 0 Å². The van der Waals surface area contributed by atoms with Gasteiger partial charge in [-0.3, -0.25) is 0 Å². The largest absolute Gasteiger partial charge is 0.468 e. The molecule has 0 aromatic rings. The zero-order chi connectivity index (χ0) is 16.4. The molecule has 2 rings (SSSR count). The van der Waals surface area contributed by atoms with Gasteiger partial charge < -0.3 is 24.4 Å². The van der Waals surface area contributed by atoms with E-state index in [-0.39, 0.29) is 12.0 Å². The van der Waals surface area contributed by atoms with Crippen LogP contribution in [0.3, 0.4) is 0 Å². The summed E-state index contributed by atoms with van der Waals surface area (Å²) in [7, 11) is 0.